The van der Waals surface area contributed by atoms with Gasteiger partial charge in [-0.25, -0.2) is 0 Å². The minimum absolute atomic E-state index is 0.0292. The van der Waals surface area contributed by atoms with E-state index in [9.17, 15) is 5.11 Å². The maximum absolute atomic E-state index is 9.89. The van der Waals surface area contributed by atoms with Crippen LogP contribution >= 0.6 is 0 Å². The Kier molecular flexibility index (Phi) is 3.93. The second kappa shape index (κ2) is 5.66. The molecule has 2 aliphatic rings. The van der Waals surface area contributed by atoms with Gasteiger partial charge in [-0.3, -0.25) is 0 Å². The van der Waals surface area contributed by atoms with Gasteiger partial charge in [0, 0.05) is 0 Å². The van der Waals surface area contributed by atoms with Crippen molar-refractivity contribution in [1.82, 2.24) is 0 Å². The number of aliphatic hydroxyl groups is 1. The van der Waals surface area contributed by atoms with Gasteiger partial charge in [0.05, 0.1) is 6.10 Å². The lowest BCUT2D eigenvalue weighted by Crippen LogP contribution is -2.14. The normalized spacial score (nSPS) is 30.3. The topological polar surface area (TPSA) is 20.2 Å². The Morgan fingerprint density at radius 3 is 2.84 bits per heavy atom. The third-order valence-corrected chi connectivity index (χ3v) is 5.17. The average molecular weight is 258 g/mol. The molecular weight excluding hydrogens is 232 g/mol. The van der Waals surface area contributed by atoms with Crippen LogP contribution in [0.2, 0.25) is 0 Å². The highest BCUT2D eigenvalue weighted by molar-refractivity contribution is 5.34. The summed E-state index contributed by atoms with van der Waals surface area (Å²) < 4.78 is 0. The highest BCUT2D eigenvalue weighted by atomic mass is 16.3. The molecular formula is C18H26O. The molecule has 0 saturated heterocycles. The highest BCUT2D eigenvalue weighted by Gasteiger charge is 2.24. The van der Waals surface area contributed by atoms with Crippen LogP contribution in [0.3, 0.4) is 0 Å². The van der Waals surface area contributed by atoms with E-state index in [0.29, 0.717) is 5.92 Å². The first-order chi connectivity index (χ1) is 9.22. The summed E-state index contributed by atoms with van der Waals surface area (Å²) in [4.78, 5) is 0. The molecule has 0 bridgehead atoms. The van der Waals surface area contributed by atoms with Crippen molar-refractivity contribution in [3.05, 3.63) is 34.9 Å². The number of hydrogen-bond donors (Lipinski definition) is 1. The Balaban J connectivity index is 1.62. The molecule has 1 heteroatoms. The van der Waals surface area contributed by atoms with Crippen LogP contribution in [-0.2, 0) is 19.3 Å². The van der Waals surface area contributed by atoms with E-state index in [0.717, 1.165) is 25.2 Å². The molecule has 1 fully saturated rings. The van der Waals surface area contributed by atoms with Crippen molar-refractivity contribution in [1.29, 1.82) is 0 Å². The number of aliphatic hydroxyl groups excluding tert-OH is 1. The zero-order valence-electron chi connectivity index (χ0n) is 12.1. The molecule has 0 radical (unpaired) electrons. The van der Waals surface area contributed by atoms with Crippen molar-refractivity contribution in [2.45, 2.75) is 64.4 Å². The van der Waals surface area contributed by atoms with Gasteiger partial charge >= 0.3 is 0 Å². The van der Waals surface area contributed by atoms with Crippen LogP contribution in [0.25, 0.3) is 0 Å². The molecule has 1 aromatic rings. The zero-order chi connectivity index (χ0) is 13.2. The van der Waals surface area contributed by atoms with Gasteiger partial charge in [-0.05, 0) is 73.5 Å². The molecule has 3 rings (SSSR count). The molecule has 2 unspecified atom stereocenters. The van der Waals surface area contributed by atoms with Gasteiger partial charge in [0.15, 0.2) is 0 Å². The Hall–Kier alpha value is -0.820. The molecule has 1 aromatic carbocycles. The third-order valence-electron chi connectivity index (χ3n) is 5.17. The molecule has 2 aliphatic carbocycles. The quantitative estimate of drug-likeness (QED) is 0.871. The maximum Gasteiger partial charge on any atom is 0.0568 e. The first-order valence-corrected chi connectivity index (χ1v) is 8.01. The molecule has 19 heavy (non-hydrogen) atoms. The van der Waals surface area contributed by atoms with Crippen LogP contribution in [0.15, 0.2) is 18.2 Å². The van der Waals surface area contributed by atoms with Crippen molar-refractivity contribution in [3.63, 3.8) is 0 Å². The fourth-order valence-corrected chi connectivity index (χ4v) is 3.85. The standard InChI is InChI=1S/C18H26O/c1-13-5-8-17-12-14(7-10-16(17)11-13)6-9-15-3-2-4-18(15)19/h7,10,12-13,15,18-19H,2-6,8-9,11H2,1H3/t13?,15-,18?/m1/s1. The summed E-state index contributed by atoms with van der Waals surface area (Å²) in [5, 5.41) is 9.89. The van der Waals surface area contributed by atoms with Gasteiger partial charge in [0.1, 0.15) is 0 Å². The molecule has 104 valence electrons. The molecule has 0 aromatic heterocycles. The molecule has 0 heterocycles. The van der Waals surface area contributed by atoms with Crippen molar-refractivity contribution in [2.24, 2.45) is 11.8 Å². The summed E-state index contributed by atoms with van der Waals surface area (Å²) in [6.45, 7) is 2.36. The van der Waals surface area contributed by atoms with Crippen molar-refractivity contribution >= 4 is 0 Å². The Bertz CT molecular complexity index is 437. The summed E-state index contributed by atoms with van der Waals surface area (Å²) in [6, 6.07) is 7.10. The minimum Gasteiger partial charge on any atom is -0.393 e. The largest absolute Gasteiger partial charge is 0.393 e. The Morgan fingerprint density at radius 2 is 2.05 bits per heavy atom. The second-order valence-electron chi connectivity index (χ2n) is 6.75. The van der Waals surface area contributed by atoms with Gasteiger partial charge in [-0.2, -0.15) is 0 Å². The predicted octanol–water partition coefficient (Wildman–Crippen LogP) is 3.91. The fourth-order valence-electron chi connectivity index (χ4n) is 3.85. The number of rotatable bonds is 3. The van der Waals surface area contributed by atoms with Crippen LogP contribution in [-0.4, -0.2) is 11.2 Å². The summed E-state index contributed by atoms with van der Waals surface area (Å²) in [7, 11) is 0. The Morgan fingerprint density at radius 1 is 1.16 bits per heavy atom. The summed E-state index contributed by atoms with van der Waals surface area (Å²) in [5.41, 5.74) is 4.64. The van der Waals surface area contributed by atoms with E-state index >= 15 is 0 Å². The van der Waals surface area contributed by atoms with E-state index in [-0.39, 0.29) is 6.10 Å². The molecule has 0 spiro atoms. The van der Waals surface area contributed by atoms with E-state index in [2.05, 4.69) is 25.1 Å². The van der Waals surface area contributed by atoms with E-state index in [1.807, 2.05) is 0 Å². The van der Waals surface area contributed by atoms with Crippen molar-refractivity contribution in [3.8, 4) is 0 Å². The fraction of sp³-hybridized carbons (Fsp3) is 0.667. The van der Waals surface area contributed by atoms with E-state index in [1.165, 1.54) is 37.7 Å². The summed E-state index contributed by atoms with van der Waals surface area (Å²) >= 11 is 0. The lowest BCUT2D eigenvalue weighted by atomic mass is 9.83. The molecule has 1 nitrogen and oxygen atoms in total. The molecule has 0 aliphatic heterocycles. The summed E-state index contributed by atoms with van der Waals surface area (Å²) in [5.74, 6) is 1.41. The first-order valence-electron chi connectivity index (χ1n) is 8.01. The molecule has 1 N–H and O–H groups in total. The van der Waals surface area contributed by atoms with Crippen molar-refractivity contribution < 1.29 is 5.11 Å². The Labute approximate surface area is 117 Å². The number of aryl methyl sites for hydroxylation is 2. The maximum atomic E-state index is 9.89. The minimum atomic E-state index is -0.0292. The second-order valence-corrected chi connectivity index (χ2v) is 6.75. The van der Waals surface area contributed by atoms with Gasteiger partial charge < -0.3 is 5.11 Å². The van der Waals surface area contributed by atoms with Crippen LogP contribution in [0.4, 0.5) is 0 Å². The zero-order valence-corrected chi connectivity index (χ0v) is 12.1. The molecule has 1 saturated carbocycles. The lowest BCUT2D eigenvalue weighted by molar-refractivity contribution is 0.128. The van der Waals surface area contributed by atoms with Crippen molar-refractivity contribution in [2.75, 3.05) is 0 Å². The van der Waals surface area contributed by atoms with Gasteiger partial charge in [-0.15, -0.1) is 0 Å². The van der Waals surface area contributed by atoms with Gasteiger partial charge in [0.25, 0.3) is 0 Å². The molecule has 3 atom stereocenters. The van der Waals surface area contributed by atoms with Crippen LogP contribution < -0.4 is 0 Å². The van der Waals surface area contributed by atoms with E-state index in [4.69, 9.17) is 0 Å². The smallest absolute Gasteiger partial charge is 0.0568 e. The number of hydrogen-bond acceptors (Lipinski definition) is 1. The van der Waals surface area contributed by atoms with Gasteiger partial charge in [-0.1, -0.05) is 31.5 Å². The van der Waals surface area contributed by atoms with Crippen LogP contribution in [0, 0.1) is 11.8 Å². The van der Waals surface area contributed by atoms with E-state index in [1.54, 1.807) is 11.1 Å². The number of fused-ring (bicyclic) bond motifs is 1. The van der Waals surface area contributed by atoms with Crippen LogP contribution in [0.5, 0.6) is 0 Å². The average Bonchev–Trinajstić information content (AvgIpc) is 2.82. The monoisotopic (exact) mass is 258 g/mol. The highest BCUT2D eigenvalue weighted by Crippen LogP contribution is 2.30. The first kappa shape index (κ1) is 13.2. The predicted molar refractivity (Wildman–Crippen MR) is 79.3 cm³/mol. The third kappa shape index (κ3) is 3.02. The van der Waals surface area contributed by atoms with Crippen LogP contribution in [0.1, 0.15) is 55.7 Å². The molecule has 0 amide bonds. The lowest BCUT2D eigenvalue weighted by Gasteiger charge is -2.22. The van der Waals surface area contributed by atoms with E-state index < -0.39 is 0 Å². The SMILES string of the molecule is CC1CCc2cc(CC[C@H]3CCCC3O)ccc2C1. The van der Waals surface area contributed by atoms with Gasteiger partial charge in [0.2, 0.25) is 0 Å². The summed E-state index contributed by atoms with van der Waals surface area (Å²) in [6.07, 6.45) is 9.61. The number of benzene rings is 1.